The lowest BCUT2D eigenvalue weighted by Gasteiger charge is -2.10. The normalized spacial score (nSPS) is 12.9. The average Bonchev–Trinajstić information content (AvgIpc) is 2.10. The van der Waals surface area contributed by atoms with E-state index in [-0.39, 0.29) is 6.04 Å². The monoisotopic (exact) mass is 198 g/mol. The maximum Gasteiger partial charge on any atom is 0.131 e. The lowest BCUT2D eigenvalue weighted by atomic mass is 10.0. The van der Waals surface area contributed by atoms with Crippen molar-refractivity contribution in [2.75, 3.05) is 0 Å². The Kier molecular flexibility index (Phi) is 3.70. The van der Waals surface area contributed by atoms with Crippen LogP contribution in [0.3, 0.4) is 0 Å². The van der Waals surface area contributed by atoms with E-state index in [9.17, 15) is 0 Å². The van der Waals surface area contributed by atoms with Gasteiger partial charge in [-0.15, -0.1) is 0 Å². The number of nitrogens with two attached hydrogens (primary N) is 1. The van der Waals surface area contributed by atoms with Crippen LogP contribution >= 0.6 is 11.6 Å². The number of aryl methyl sites for hydroxylation is 1. The number of halogens is 1. The van der Waals surface area contributed by atoms with Gasteiger partial charge < -0.3 is 5.73 Å². The van der Waals surface area contributed by atoms with E-state index < -0.39 is 0 Å². The van der Waals surface area contributed by atoms with E-state index in [0.717, 1.165) is 24.0 Å². The number of aromatic nitrogens is 1. The second kappa shape index (κ2) is 4.58. The molecule has 0 aliphatic heterocycles. The molecular formula is C10H15ClN2. The topological polar surface area (TPSA) is 38.9 Å². The summed E-state index contributed by atoms with van der Waals surface area (Å²) in [6, 6.07) is 2.10. The fourth-order valence-electron chi connectivity index (χ4n) is 1.26. The standard InChI is InChI=1S/C10H15ClN2/c1-3-4-9(12)8-5-7(2)10(11)13-6-8/h5-6,9H,3-4,12H2,1-2H3. The van der Waals surface area contributed by atoms with Crippen LogP contribution in [0.1, 0.15) is 36.9 Å². The summed E-state index contributed by atoms with van der Waals surface area (Å²) in [5.41, 5.74) is 8.01. The largest absolute Gasteiger partial charge is 0.324 e. The highest BCUT2D eigenvalue weighted by Gasteiger charge is 2.06. The molecule has 0 radical (unpaired) electrons. The molecule has 3 heteroatoms. The maximum atomic E-state index is 5.94. The predicted octanol–water partition coefficient (Wildman–Crippen LogP) is 2.84. The molecule has 0 saturated heterocycles. The van der Waals surface area contributed by atoms with E-state index in [2.05, 4.69) is 11.9 Å². The Balaban J connectivity index is 2.84. The van der Waals surface area contributed by atoms with E-state index in [4.69, 9.17) is 17.3 Å². The van der Waals surface area contributed by atoms with Crippen molar-refractivity contribution in [1.82, 2.24) is 4.98 Å². The molecule has 0 fully saturated rings. The first-order chi connectivity index (χ1) is 6.15. The fraction of sp³-hybridized carbons (Fsp3) is 0.500. The van der Waals surface area contributed by atoms with E-state index in [1.165, 1.54) is 0 Å². The summed E-state index contributed by atoms with van der Waals surface area (Å²) in [5, 5.41) is 0.562. The minimum Gasteiger partial charge on any atom is -0.324 e. The van der Waals surface area contributed by atoms with Gasteiger partial charge in [0.05, 0.1) is 0 Å². The van der Waals surface area contributed by atoms with Crippen LogP contribution in [-0.4, -0.2) is 4.98 Å². The molecule has 13 heavy (non-hydrogen) atoms. The molecule has 1 unspecified atom stereocenters. The third-order valence-electron chi connectivity index (χ3n) is 2.06. The van der Waals surface area contributed by atoms with Crippen molar-refractivity contribution < 1.29 is 0 Å². The molecule has 0 amide bonds. The number of hydrogen-bond donors (Lipinski definition) is 1. The zero-order chi connectivity index (χ0) is 9.84. The lowest BCUT2D eigenvalue weighted by molar-refractivity contribution is 0.635. The van der Waals surface area contributed by atoms with Crippen molar-refractivity contribution in [1.29, 1.82) is 0 Å². The second-order valence-electron chi connectivity index (χ2n) is 3.27. The van der Waals surface area contributed by atoms with E-state index in [0.29, 0.717) is 5.15 Å². The summed E-state index contributed by atoms with van der Waals surface area (Å²) in [6.07, 6.45) is 3.83. The molecule has 1 aromatic heterocycles. The van der Waals surface area contributed by atoms with Gasteiger partial charge >= 0.3 is 0 Å². The first-order valence-electron chi connectivity index (χ1n) is 4.52. The smallest absolute Gasteiger partial charge is 0.131 e. The number of nitrogens with zero attached hydrogens (tertiary/aromatic N) is 1. The summed E-state index contributed by atoms with van der Waals surface area (Å²) in [7, 11) is 0. The third-order valence-corrected chi connectivity index (χ3v) is 2.46. The number of hydrogen-bond acceptors (Lipinski definition) is 2. The average molecular weight is 199 g/mol. The van der Waals surface area contributed by atoms with Crippen LogP contribution in [0.25, 0.3) is 0 Å². The van der Waals surface area contributed by atoms with Crippen LogP contribution in [0.15, 0.2) is 12.3 Å². The molecule has 0 aromatic carbocycles. The van der Waals surface area contributed by atoms with Crippen LogP contribution in [0, 0.1) is 6.92 Å². The van der Waals surface area contributed by atoms with Gasteiger partial charge in [0.2, 0.25) is 0 Å². The van der Waals surface area contributed by atoms with Crippen LogP contribution in [0.4, 0.5) is 0 Å². The van der Waals surface area contributed by atoms with Crippen molar-refractivity contribution in [3.8, 4) is 0 Å². The third kappa shape index (κ3) is 2.68. The van der Waals surface area contributed by atoms with Gasteiger partial charge in [-0.2, -0.15) is 0 Å². The van der Waals surface area contributed by atoms with Gasteiger partial charge in [0.25, 0.3) is 0 Å². The first kappa shape index (κ1) is 10.5. The SMILES string of the molecule is CCCC(N)c1cnc(Cl)c(C)c1. The molecule has 0 aliphatic carbocycles. The fourth-order valence-corrected chi connectivity index (χ4v) is 1.36. The minimum absolute atomic E-state index is 0.0912. The molecule has 0 spiro atoms. The van der Waals surface area contributed by atoms with Crippen molar-refractivity contribution in [2.24, 2.45) is 5.73 Å². The molecular weight excluding hydrogens is 184 g/mol. The second-order valence-corrected chi connectivity index (χ2v) is 3.63. The Labute approximate surface area is 84.1 Å². The van der Waals surface area contributed by atoms with Crippen LogP contribution < -0.4 is 5.73 Å². The molecule has 0 bridgehead atoms. The number of pyridine rings is 1. The van der Waals surface area contributed by atoms with Gasteiger partial charge in [-0.3, -0.25) is 0 Å². The van der Waals surface area contributed by atoms with Crippen molar-refractivity contribution in [2.45, 2.75) is 32.7 Å². The number of rotatable bonds is 3. The Morgan fingerprint density at radius 1 is 1.62 bits per heavy atom. The highest BCUT2D eigenvalue weighted by molar-refractivity contribution is 6.30. The molecule has 1 heterocycles. The van der Waals surface area contributed by atoms with Gasteiger partial charge in [0.1, 0.15) is 5.15 Å². The molecule has 1 aromatic rings. The highest BCUT2D eigenvalue weighted by atomic mass is 35.5. The lowest BCUT2D eigenvalue weighted by Crippen LogP contribution is -2.10. The highest BCUT2D eigenvalue weighted by Crippen LogP contribution is 2.19. The maximum absolute atomic E-state index is 5.94. The zero-order valence-corrected chi connectivity index (χ0v) is 8.80. The van der Waals surface area contributed by atoms with Crippen molar-refractivity contribution in [3.63, 3.8) is 0 Å². The summed E-state index contributed by atoms with van der Waals surface area (Å²) in [6.45, 7) is 4.06. The summed E-state index contributed by atoms with van der Waals surface area (Å²) in [5.74, 6) is 0. The molecule has 2 N–H and O–H groups in total. The van der Waals surface area contributed by atoms with Crippen LogP contribution in [-0.2, 0) is 0 Å². The minimum atomic E-state index is 0.0912. The van der Waals surface area contributed by atoms with Gasteiger partial charge in [-0.1, -0.05) is 24.9 Å². The molecule has 1 rings (SSSR count). The van der Waals surface area contributed by atoms with E-state index in [1.54, 1.807) is 6.20 Å². The molecule has 1 atom stereocenters. The van der Waals surface area contributed by atoms with Gasteiger partial charge in [-0.25, -0.2) is 4.98 Å². The molecule has 0 aliphatic rings. The van der Waals surface area contributed by atoms with Gasteiger partial charge in [-0.05, 0) is 30.5 Å². The van der Waals surface area contributed by atoms with E-state index >= 15 is 0 Å². The van der Waals surface area contributed by atoms with Gasteiger partial charge in [0.15, 0.2) is 0 Å². The Bertz CT molecular complexity index is 286. The van der Waals surface area contributed by atoms with Crippen LogP contribution in [0.2, 0.25) is 5.15 Å². The Morgan fingerprint density at radius 3 is 2.85 bits per heavy atom. The van der Waals surface area contributed by atoms with Crippen molar-refractivity contribution in [3.05, 3.63) is 28.5 Å². The predicted molar refractivity (Wildman–Crippen MR) is 55.8 cm³/mol. The summed E-state index contributed by atoms with van der Waals surface area (Å²) >= 11 is 5.81. The van der Waals surface area contributed by atoms with E-state index in [1.807, 2.05) is 13.0 Å². The first-order valence-corrected chi connectivity index (χ1v) is 4.90. The van der Waals surface area contributed by atoms with Gasteiger partial charge in [0, 0.05) is 12.2 Å². The summed E-state index contributed by atoms with van der Waals surface area (Å²) < 4.78 is 0. The Hall–Kier alpha value is -0.600. The molecule has 2 nitrogen and oxygen atoms in total. The van der Waals surface area contributed by atoms with Crippen LogP contribution in [0.5, 0.6) is 0 Å². The molecule has 0 saturated carbocycles. The summed E-state index contributed by atoms with van der Waals surface area (Å²) in [4.78, 5) is 4.07. The molecule has 72 valence electrons. The quantitative estimate of drug-likeness (QED) is 0.759. The zero-order valence-electron chi connectivity index (χ0n) is 8.05. The Morgan fingerprint density at radius 2 is 2.31 bits per heavy atom. The van der Waals surface area contributed by atoms with Crippen molar-refractivity contribution >= 4 is 11.6 Å².